The maximum Gasteiger partial charge on any atom is 0.336 e. The van der Waals surface area contributed by atoms with Gasteiger partial charge >= 0.3 is 5.97 Å². The number of aromatic carboxylic acids is 1. The van der Waals surface area contributed by atoms with Gasteiger partial charge in [-0.1, -0.05) is 60.7 Å². The van der Waals surface area contributed by atoms with Gasteiger partial charge in [0.1, 0.15) is 5.25 Å². The highest BCUT2D eigenvalue weighted by Crippen LogP contribution is 2.37. The molecule has 5 rings (SSSR count). The molecule has 0 heterocycles. The van der Waals surface area contributed by atoms with E-state index < -0.39 is 17.1 Å². The summed E-state index contributed by atoms with van der Waals surface area (Å²) in [6, 6.07) is 34.4. The van der Waals surface area contributed by atoms with E-state index in [-0.39, 0.29) is 17.0 Å². The molecule has 0 aromatic heterocycles. The van der Waals surface area contributed by atoms with Crippen molar-refractivity contribution in [3.8, 4) is 0 Å². The van der Waals surface area contributed by atoms with E-state index in [4.69, 9.17) is 0 Å². The minimum absolute atomic E-state index is 0.0670. The van der Waals surface area contributed by atoms with Crippen LogP contribution in [0.15, 0.2) is 120 Å². The molecule has 0 bridgehead atoms. The third kappa shape index (κ3) is 6.35. The van der Waals surface area contributed by atoms with Gasteiger partial charge < -0.3 is 15.7 Å². The summed E-state index contributed by atoms with van der Waals surface area (Å²) in [4.78, 5) is 39.3. The number of carboxylic acid groups (broad SMARTS) is 1. The average molecular weight is 659 g/mol. The number of hydrogen-bond donors (Lipinski definition) is 3. The van der Waals surface area contributed by atoms with Gasteiger partial charge in [0.2, 0.25) is 5.91 Å². The van der Waals surface area contributed by atoms with E-state index in [0.29, 0.717) is 22.1 Å². The molecule has 0 aliphatic carbocycles. The van der Waals surface area contributed by atoms with E-state index in [0.717, 1.165) is 14.0 Å². The number of rotatable bonds is 8. The van der Waals surface area contributed by atoms with Crippen LogP contribution in [-0.2, 0) is 4.79 Å². The maximum atomic E-state index is 13.4. The molecule has 2 amide bonds. The van der Waals surface area contributed by atoms with Crippen LogP contribution in [-0.4, -0.2) is 22.9 Å². The fourth-order valence-electron chi connectivity index (χ4n) is 4.33. The molecule has 5 aromatic rings. The zero-order valence-electron chi connectivity index (χ0n) is 21.0. The Kier molecular flexibility index (Phi) is 8.47. The van der Waals surface area contributed by atoms with Crippen LogP contribution in [0.4, 0.5) is 11.4 Å². The van der Waals surface area contributed by atoms with E-state index in [1.54, 1.807) is 42.5 Å². The lowest BCUT2D eigenvalue weighted by Gasteiger charge is -2.18. The molecule has 0 aliphatic rings. The predicted molar refractivity (Wildman–Crippen MR) is 168 cm³/mol. The van der Waals surface area contributed by atoms with Gasteiger partial charge in [-0.15, -0.1) is 11.8 Å². The Labute approximate surface area is 249 Å². The first-order valence-corrected chi connectivity index (χ1v) is 14.3. The molecule has 198 valence electrons. The van der Waals surface area contributed by atoms with Crippen LogP contribution in [0.25, 0.3) is 10.8 Å². The number of fused-ring (bicyclic) bond motifs is 1. The lowest BCUT2D eigenvalue weighted by Crippen LogP contribution is -2.19. The lowest BCUT2D eigenvalue weighted by molar-refractivity contribution is -0.115. The number of anilines is 2. The summed E-state index contributed by atoms with van der Waals surface area (Å²) in [5.41, 5.74) is 2.43. The van der Waals surface area contributed by atoms with Crippen molar-refractivity contribution in [3.63, 3.8) is 0 Å². The van der Waals surface area contributed by atoms with E-state index in [9.17, 15) is 19.5 Å². The number of amides is 2. The minimum atomic E-state index is -1.10. The number of halogens is 1. The van der Waals surface area contributed by atoms with Crippen LogP contribution in [0.2, 0.25) is 0 Å². The summed E-state index contributed by atoms with van der Waals surface area (Å²) in [5.74, 6) is -1.68. The van der Waals surface area contributed by atoms with Crippen LogP contribution in [0.1, 0.15) is 31.5 Å². The average Bonchev–Trinajstić information content (AvgIpc) is 2.97. The summed E-state index contributed by atoms with van der Waals surface area (Å²) in [6.07, 6.45) is 0. The number of carbonyl (C=O) groups is 3. The highest BCUT2D eigenvalue weighted by Gasteiger charge is 2.23. The first-order valence-electron chi connectivity index (χ1n) is 12.3. The second-order valence-electron chi connectivity index (χ2n) is 8.90. The molecule has 8 heteroatoms. The van der Waals surface area contributed by atoms with E-state index in [2.05, 4.69) is 33.2 Å². The molecule has 0 spiro atoms. The van der Waals surface area contributed by atoms with Crippen molar-refractivity contribution in [2.75, 3.05) is 10.6 Å². The molecule has 5 aromatic carbocycles. The summed E-state index contributed by atoms with van der Waals surface area (Å²) >= 11 is 3.59. The second-order valence-corrected chi connectivity index (χ2v) is 11.3. The quantitative estimate of drug-likeness (QED) is 0.117. The van der Waals surface area contributed by atoms with Crippen LogP contribution < -0.4 is 10.6 Å². The Bertz CT molecular complexity index is 1700. The van der Waals surface area contributed by atoms with E-state index in [1.165, 1.54) is 17.8 Å². The van der Waals surface area contributed by atoms with Crippen LogP contribution in [0.5, 0.6) is 0 Å². The highest BCUT2D eigenvalue weighted by molar-refractivity contribution is 14.1. The monoisotopic (exact) mass is 658 g/mol. The minimum Gasteiger partial charge on any atom is -0.478 e. The largest absolute Gasteiger partial charge is 0.478 e. The van der Waals surface area contributed by atoms with Crippen molar-refractivity contribution in [2.24, 2.45) is 0 Å². The van der Waals surface area contributed by atoms with Gasteiger partial charge in [0.15, 0.2) is 0 Å². The Hall–Kier alpha value is -4.15. The van der Waals surface area contributed by atoms with Gasteiger partial charge in [-0.05, 0) is 88.1 Å². The van der Waals surface area contributed by atoms with Crippen molar-refractivity contribution in [1.29, 1.82) is 0 Å². The Morgan fingerprint density at radius 2 is 1.38 bits per heavy atom. The SMILES string of the molecule is O=C(O)c1cccc2cccc(C(=O)Nc3cccc(SC(C(=O)Nc4ccc(I)cc4)c4ccccc4)c3)c12. The van der Waals surface area contributed by atoms with Crippen molar-refractivity contribution in [3.05, 3.63) is 136 Å². The summed E-state index contributed by atoms with van der Waals surface area (Å²) in [5, 5.41) is 16.1. The number of carbonyl (C=O) groups excluding carboxylic acids is 2. The summed E-state index contributed by atoms with van der Waals surface area (Å²) < 4.78 is 1.08. The van der Waals surface area contributed by atoms with E-state index >= 15 is 0 Å². The standard InChI is InChI=1S/C32H23IN2O4S/c33-22-15-17-23(18-16-22)34-31(37)29(21-7-2-1-3-8-21)40-25-12-6-11-24(19-25)35-30(36)26-13-4-9-20-10-5-14-27(28(20)26)32(38)39/h1-19,29H,(H,34,37)(H,35,36)(H,38,39). The topological polar surface area (TPSA) is 95.5 Å². The fourth-order valence-corrected chi connectivity index (χ4v) is 5.77. The number of carboxylic acids is 1. The Morgan fingerprint density at radius 3 is 2.08 bits per heavy atom. The summed E-state index contributed by atoms with van der Waals surface area (Å²) in [6.45, 7) is 0. The molecular formula is C32H23IN2O4S. The molecule has 40 heavy (non-hydrogen) atoms. The van der Waals surface area contributed by atoms with Gasteiger partial charge in [-0.25, -0.2) is 4.79 Å². The number of benzene rings is 5. The zero-order chi connectivity index (χ0) is 28.1. The maximum absolute atomic E-state index is 13.4. The highest BCUT2D eigenvalue weighted by atomic mass is 127. The normalized spacial score (nSPS) is 11.5. The van der Waals surface area contributed by atoms with Crippen molar-refractivity contribution in [2.45, 2.75) is 10.1 Å². The predicted octanol–water partition coefficient (Wildman–Crippen LogP) is 7.87. The number of thioether (sulfide) groups is 1. The molecule has 1 unspecified atom stereocenters. The van der Waals surface area contributed by atoms with Crippen LogP contribution >= 0.6 is 34.4 Å². The van der Waals surface area contributed by atoms with Gasteiger partial charge in [-0.3, -0.25) is 9.59 Å². The van der Waals surface area contributed by atoms with Crippen molar-refractivity contribution in [1.82, 2.24) is 0 Å². The molecule has 0 radical (unpaired) electrons. The van der Waals surface area contributed by atoms with Gasteiger partial charge in [-0.2, -0.15) is 0 Å². The molecule has 0 saturated heterocycles. The fraction of sp³-hybridized carbons (Fsp3) is 0.0312. The first-order chi connectivity index (χ1) is 19.4. The Morgan fingerprint density at radius 1 is 0.700 bits per heavy atom. The van der Waals surface area contributed by atoms with Crippen LogP contribution in [0.3, 0.4) is 0 Å². The molecule has 0 fully saturated rings. The molecule has 0 aliphatic heterocycles. The van der Waals surface area contributed by atoms with E-state index in [1.807, 2.05) is 66.7 Å². The Balaban J connectivity index is 1.40. The van der Waals surface area contributed by atoms with Gasteiger partial charge in [0.05, 0.1) is 5.56 Å². The van der Waals surface area contributed by atoms with Gasteiger partial charge in [0, 0.05) is 30.8 Å². The molecular weight excluding hydrogens is 635 g/mol. The third-order valence-corrected chi connectivity index (χ3v) is 8.14. The zero-order valence-corrected chi connectivity index (χ0v) is 24.0. The number of nitrogens with one attached hydrogen (secondary N) is 2. The first kappa shape index (κ1) is 27.4. The van der Waals surface area contributed by atoms with Crippen LogP contribution in [0, 0.1) is 3.57 Å². The number of hydrogen-bond acceptors (Lipinski definition) is 4. The smallest absolute Gasteiger partial charge is 0.336 e. The molecule has 6 nitrogen and oxygen atoms in total. The van der Waals surface area contributed by atoms with Crippen molar-refractivity contribution >= 4 is 74.3 Å². The molecule has 0 saturated carbocycles. The van der Waals surface area contributed by atoms with Crippen molar-refractivity contribution < 1.29 is 19.5 Å². The molecule has 1 atom stereocenters. The third-order valence-electron chi connectivity index (χ3n) is 6.18. The summed E-state index contributed by atoms with van der Waals surface area (Å²) in [7, 11) is 0. The van der Waals surface area contributed by atoms with Gasteiger partial charge in [0.25, 0.3) is 5.91 Å². The second kappa shape index (κ2) is 12.4. The lowest BCUT2D eigenvalue weighted by atomic mass is 9.98. The molecule has 3 N–H and O–H groups in total.